The predicted molar refractivity (Wildman–Crippen MR) is 69.5 cm³/mol. The zero-order valence-electron chi connectivity index (χ0n) is 9.30. The molecule has 1 N–H and O–H groups in total. The molecule has 0 aliphatic rings. The van der Waals surface area contributed by atoms with Crippen molar-refractivity contribution in [3.05, 3.63) is 34.1 Å². The van der Waals surface area contributed by atoms with Gasteiger partial charge in [-0.05, 0) is 40.5 Å². The molecule has 2 atom stereocenters. The lowest BCUT2D eigenvalue weighted by molar-refractivity contribution is 0.580. The van der Waals surface area contributed by atoms with Crippen molar-refractivity contribution >= 4 is 26.7 Å². The first-order valence-electron chi connectivity index (χ1n) is 4.99. The molecular weight excluding hydrogens is 293 g/mol. The number of hydrogen-bond donors (Lipinski definition) is 1. The molecule has 0 saturated heterocycles. The first kappa shape index (κ1) is 13.8. The van der Waals surface area contributed by atoms with Gasteiger partial charge in [0, 0.05) is 35.4 Å². The van der Waals surface area contributed by atoms with Gasteiger partial charge in [-0.2, -0.15) is 0 Å². The third-order valence-corrected chi connectivity index (χ3v) is 3.71. The van der Waals surface area contributed by atoms with Gasteiger partial charge in [-0.15, -0.1) is 0 Å². The molecule has 0 aliphatic carbocycles. The fraction of sp³-hybridized carbons (Fsp3) is 0.455. The molecule has 0 amide bonds. The van der Waals surface area contributed by atoms with Gasteiger partial charge in [-0.3, -0.25) is 4.21 Å². The molecule has 16 heavy (non-hydrogen) atoms. The van der Waals surface area contributed by atoms with Gasteiger partial charge in [0.1, 0.15) is 5.82 Å². The van der Waals surface area contributed by atoms with Crippen LogP contribution in [0, 0.1) is 5.82 Å². The van der Waals surface area contributed by atoms with Gasteiger partial charge in [0.25, 0.3) is 0 Å². The van der Waals surface area contributed by atoms with Crippen LogP contribution in [0.3, 0.4) is 0 Å². The number of hydrogen-bond acceptors (Lipinski definition) is 2. The van der Waals surface area contributed by atoms with E-state index in [9.17, 15) is 8.60 Å². The van der Waals surface area contributed by atoms with Crippen molar-refractivity contribution < 1.29 is 8.60 Å². The number of nitrogens with one attached hydrogen (secondary N) is 1. The van der Waals surface area contributed by atoms with E-state index >= 15 is 0 Å². The molecule has 1 rings (SSSR count). The summed E-state index contributed by atoms with van der Waals surface area (Å²) in [6, 6.07) is 5.13. The van der Waals surface area contributed by atoms with Gasteiger partial charge in [-0.1, -0.05) is 6.07 Å². The smallest absolute Gasteiger partial charge is 0.137 e. The highest BCUT2D eigenvalue weighted by molar-refractivity contribution is 9.10. The SMILES string of the molecule is CC(NCCS(C)=O)c1ccc(Br)c(F)c1. The molecule has 5 heteroatoms. The van der Waals surface area contributed by atoms with E-state index in [1.807, 2.05) is 13.0 Å². The summed E-state index contributed by atoms with van der Waals surface area (Å²) in [5.41, 5.74) is 0.891. The summed E-state index contributed by atoms with van der Waals surface area (Å²) in [5, 5.41) is 3.20. The summed E-state index contributed by atoms with van der Waals surface area (Å²) in [5.74, 6) is 0.355. The highest BCUT2D eigenvalue weighted by Gasteiger charge is 2.07. The average molecular weight is 308 g/mol. The highest BCUT2D eigenvalue weighted by Crippen LogP contribution is 2.20. The first-order chi connectivity index (χ1) is 7.50. The van der Waals surface area contributed by atoms with Crippen LogP contribution in [0.25, 0.3) is 0 Å². The number of rotatable bonds is 5. The lowest BCUT2D eigenvalue weighted by Crippen LogP contribution is -2.23. The normalized spacial score (nSPS) is 14.8. The zero-order chi connectivity index (χ0) is 12.1. The minimum absolute atomic E-state index is 0.0612. The predicted octanol–water partition coefficient (Wildman–Crippen LogP) is 2.62. The van der Waals surface area contributed by atoms with Crippen LogP contribution in [-0.4, -0.2) is 22.8 Å². The molecular formula is C11H15BrFNOS. The Bertz CT molecular complexity index is 386. The van der Waals surface area contributed by atoms with E-state index in [0.29, 0.717) is 16.8 Å². The summed E-state index contributed by atoms with van der Waals surface area (Å²) in [7, 11) is -0.791. The van der Waals surface area contributed by atoms with Crippen LogP contribution in [0.5, 0.6) is 0 Å². The molecule has 0 radical (unpaired) electrons. The van der Waals surface area contributed by atoms with E-state index in [4.69, 9.17) is 0 Å². The van der Waals surface area contributed by atoms with E-state index in [0.717, 1.165) is 5.56 Å². The molecule has 2 nitrogen and oxygen atoms in total. The Hall–Kier alpha value is -0.260. The first-order valence-corrected chi connectivity index (χ1v) is 7.51. The van der Waals surface area contributed by atoms with Crippen LogP contribution in [0.2, 0.25) is 0 Å². The fourth-order valence-corrected chi connectivity index (χ4v) is 1.97. The quantitative estimate of drug-likeness (QED) is 0.906. The summed E-state index contributed by atoms with van der Waals surface area (Å²) in [6.45, 7) is 2.63. The summed E-state index contributed by atoms with van der Waals surface area (Å²) < 4.78 is 24.6. The Labute approximate surface area is 106 Å². The summed E-state index contributed by atoms with van der Waals surface area (Å²) in [6.07, 6.45) is 1.67. The van der Waals surface area contributed by atoms with Gasteiger partial charge < -0.3 is 5.32 Å². The van der Waals surface area contributed by atoms with Crippen molar-refractivity contribution in [3.63, 3.8) is 0 Å². The second kappa shape index (κ2) is 6.47. The molecule has 0 bridgehead atoms. The van der Waals surface area contributed by atoms with Crippen LogP contribution < -0.4 is 5.32 Å². The van der Waals surface area contributed by atoms with E-state index in [1.165, 1.54) is 6.07 Å². The standard InChI is InChI=1S/C11H15BrFNOS/c1-8(14-5-6-16(2)15)9-3-4-10(12)11(13)7-9/h3-4,7-8,14H,5-6H2,1-2H3. The fourth-order valence-electron chi connectivity index (χ4n) is 1.32. The molecule has 1 aromatic carbocycles. The monoisotopic (exact) mass is 307 g/mol. The van der Waals surface area contributed by atoms with Crippen molar-refractivity contribution in [2.45, 2.75) is 13.0 Å². The van der Waals surface area contributed by atoms with Gasteiger partial charge in [0.15, 0.2) is 0 Å². The van der Waals surface area contributed by atoms with Gasteiger partial charge >= 0.3 is 0 Å². The molecule has 0 saturated carbocycles. The van der Waals surface area contributed by atoms with Crippen LogP contribution in [0.4, 0.5) is 4.39 Å². The lowest BCUT2D eigenvalue weighted by atomic mass is 10.1. The third kappa shape index (κ3) is 4.31. The third-order valence-electron chi connectivity index (χ3n) is 2.28. The van der Waals surface area contributed by atoms with Crippen LogP contribution in [0.15, 0.2) is 22.7 Å². The minimum Gasteiger partial charge on any atom is -0.309 e. The maximum Gasteiger partial charge on any atom is 0.137 e. The summed E-state index contributed by atoms with van der Waals surface area (Å²) >= 11 is 3.11. The Morgan fingerprint density at radius 1 is 1.56 bits per heavy atom. The van der Waals surface area contributed by atoms with E-state index < -0.39 is 10.8 Å². The largest absolute Gasteiger partial charge is 0.309 e. The van der Waals surface area contributed by atoms with Crippen molar-refractivity contribution in [2.24, 2.45) is 0 Å². The molecule has 0 aromatic heterocycles. The molecule has 90 valence electrons. The Morgan fingerprint density at radius 3 is 2.81 bits per heavy atom. The summed E-state index contributed by atoms with van der Waals surface area (Å²) in [4.78, 5) is 0. The van der Waals surface area contributed by atoms with Crippen LogP contribution in [0.1, 0.15) is 18.5 Å². The van der Waals surface area contributed by atoms with Crippen LogP contribution in [-0.2, 0) is 10.8 Å². The van der Waals surface area contributed by atoms with Crippen LogP contribution >= 0.6 is 15.9 Å². The molecule has 2 unspecified atom stereocenters. The Balaban J connectivity index is 2.55. The molecule has 0 heterocycles. The van der Waals surface area contributed by atoms with E-state index in [1.54, 1.807) is 12.3 Å². The van der Waals surface area contributed by atoms with Gasteiger partial charge in [0.05, 0.1) is 4.47 Å². The minimum atomic E-state index is -0.791. The maximum atomic E-state index is 13.3. The van der Waals surface area contributed by atoms with Crippen molar-refractivity contribution in [2.75, 3.05) is 18.6 Å². The van der Waals surface area contributed by atoms with Gasteiger partial charge in [0.2, 0.25) is 0 Å². The molecule has 0 aliphatic heterocycles. The maximum absolute atomic E-state index is 13.3. The molecule has 0 spiro atoms. The average Bonchev–Trinajstić information content (AvgIpc) is 2.21. The zero-order valence-corrected chi connectivity index (χ0v) is 11.7. The van der Waals surface area contributed by atoms with Crippen molar-refractivity contribution in [1.82, 2.24) is 5.32 Å². The Morgan fingerprint density at radius 2 is 2.25 bits per heavy atom. The van der Waals surface area contributed by atoms with Gasteiger partial charge in [-0.25, -0.2) is 4.39 Å². The molecule has 0 fully saturated rings. The number of benzene rings is 1. The van der Waals surface area contributed by atoms with Crippen molar-refractivity contribution in [3.8, 4) is 0 Å². The lowest BCUT2D eigenvalue weighted by Gasteiger charge is -2.14. The highest BCUT2D eigenvalue weighted by atomic mass is 79.9. The molecule has 1 aromatic rings. The Kier molecular flexibility index (Phi) is 5.58. The topological polar surface area (TPSA) is 29.1 Å². The number of halogens is 2. The second-order valence-corrected chi connectivity index (χ2v) is 6.04. The van der Waals surface area contributed by atoms with E-state index in [-0.39, 0.29) is 11.9 Å². The van der Waals surface area contributed by atoms with Crippen molar-refractivity contribution in [1.29, 1.82) is 0 Å². The second-order valence-electron chi connectivity index (χ2n) is 3.63. The van der Waals surface area contributed by atoms with E-state index in [2.05, 4.69) is 21.2 Å².